The molecule has 17 heavy (non-hydrogen) atoms. The predicted molar refractivity (Wildman–Crippen MR) is 73.1 cm³/mol. The topological polar surface area (TPSA) is 0 Å². The van der Waals surface area contributed by atoms with E-state index in [2.05, 4.69) is 13.8 Å². The Morgan fingerprint density at radius 3 is 2.35 bits per heavy atom. The third-order valence-corrected chi connectivity index (χ3v) is 3.82. The minimum atomic E-state index is -0.183. The molecule has 0 heterocycles. The Kier molecular flexibility index (Phi) is 6.57. The van der Waals surface area contributed by atoms with E-state index in [4.69, 9.17) is 11.6 Å². The van der Waals surface area contributed by atoms with E-state index >= 15 is 0 Å². The molecule has 2 unspecified atom stereocenters. The van der Waals surface area contributed by atoms with Crippen molar-refractivity contribution >= 4 is 11.6 Å². The van der Waals surface area contributed by atoms with Crippen LogP contribution in [0.1, 0.15) is 45.1 Å². The zero-order valence-corrected chi connectivity index (χ0v) is 11.5. The van der Waals surface area contributed by atoms with Crippen LogP contribution in [0.3, 0.4) is 0 Å². The fourth-order valence-electron chi connectivity index (χ4n) is 2.12. The molecule has 0 saturated carbocycles. The maximum absolute atomic E-state index is 12.8. The maximum atomic E-state index is 12.8. The highest BCUT2D eigenvalue weighted by Gasteiger charge is 2.17. The molecule has 1 rings (SSSR count). The largest absolute Gasteiger partial charge is 0.207 e. The number of halogens is 2. The van der Waals surface area contributed by atoms with Crippen molar-refractivity contribution in [1.82, 2.24) is 0 Å². The second-order valence-electron chi connectivity index (χ2n) is 4.66. The van der Waals surface area contributed by atoms with Gasteiger partial charge in [-0.05, 0) is 36.5 Å². The van der Waals surface area contributed by atoms with E-state index in [1.807, 2.05) is 12.1 Å². The Hall–Kier alpha value is -0.560. The lowest BCUT2D eigenvalue weighted by Gasteiger charge is -2.20. The summed E-state index contributed by atoms with van der Waals surface area (Å²) in [5, 5.41) is 0.164. The molecular weight excluding hydrogens is 235 g/mol. The van der Waals surface area contributed by atoms with Crippen LogP contribution in [0, 0.1) is 11.7 Å². The fourth-order valence-corrected chi connectivity index (χ4v) is 2.60. The first-order valence-corrected chi connectivity index (χ1v) is 6.99. The third-order valence-electron chi connectivity index (χ3n) is 3.31. The van der Waals surface area contributed by atoms with E-state index in [-0.39, 0.29) is 11.2 Å². The van der Waals surface area contributed by atoms with Gasteiger partial charge in [-0.1, -0.05) is 45.2 Å². The molecule has 0 bridgehead atoms. The van der Waals surface area contributed by atoms with Crippen molar-refractivity contribution in [2.75, 3.05) is 0 Å². The number of alkyl halides is 1. The molecule has 0 amide bonds. The standard InChI is InChI=1S/C15H22ClF/c1-3-5-6-13(4-2)15(16)11-12-7-9-14(17)10-8-12/h7-10,13,15H,3-6,11H2,1-2H3. The highest BCUT2D eigenvalue weighted by Crippen LogP contribution is 2.24. The summed E-state index contributed by atoms with van der Waals surface area (Å²) in [5.74, 6) is 0.388. The molecule has 0 radical (unpaired) electrons. The van der Waals surface area contributed by atoms with Crippen molar-refractivity contribution < 1.29 is 4.39 Å². The van der Waals surface area contributed by atoms with Gasteiger partial charge in [0.05, 0.1) is 0 Å². The third kappa shape index (κ3) is 5.08. The van der Waals surface area contributed by atoms with Crippen LogP contribution in [-0.4, -0.2) is 5.38 Å². The first-order chi connectivity index (χ1) is 8.17. The lowest BCUT2D eigenvalue weighted by atomic mass is 9.92. The average Bonchev–Trinajstić information content (AvgIpc) is 2.33. The molecule has 0 saturated heterocycles. The van der Waals surface area contributed by atoms with E-state index in [1.54, 1.807) is 0 Å². The van der Waals surface area contributed by atoms with Crippen LogP contribution < -0.4 is 0 Å². The van der Waals surface area contributed by atoms with E-state index in [1.165, 1.54) is 31.4 Å². The molecule has 0 aliphatic rings. The molecule has 0 N–H and O–H groups in total. The fraction of sp³-hybridized carbons (Fsp3) is 0.600. The predicted octanol–water partition coefficient (Wildman–Crippen LogP) is 5.19. The molecule has 0 aromatic heterocycles. The second-order valence-corrected chi connectivity index (χ2v) is 5.22. The Balaban J connectivity index is 2.51. The smallest absolute Gasteiger partial charge is 0.123 e. The second kappa shape index (κ2) is 7.71. The molecule has 0 aliphatic carbocycles. The lowest BCUT2D eigenvalue weighted by molar-refractivity contribution is 0.428. The minimum Gasteiger partial charge on any atom is -0.207 e. The summed E-state index contributed by atoms with van der Waals surface area (Å²) in [5.41, 5.74) is 1.13. The molecule has 2 atom stereocenters. The summed E-state index contributed by atoms with van der Waals surface area (Å²) in [6.07, 6.45) is 5.61. The van der Waals surface area contributed by atoms with Gasteiger partial charge in [0.25, 0.3) is 0 Å². The Morgan fingerprint density at radius 2 is 1.82 bits per heavy atom. The number of hydrogen-bond acceptors (Lipinski definition) is 0. The first kappa shape index (κ1) is 14.5. The Bertz CT molecular complexity index is 307. The maximum Gasteiger partial charge on any atom is 0.123 e. The van der Waals surface area contributed by atoms with Gasteiger partial charge in [-0.15, -0.1) is 11.6 Å². The van der Waals surface area contributed by atoms with Crippen molar-refractivity contribution in [2.24, 2.45) is 5.92 Å². The summed E-state index contributed by atoms with van der Waals surface area (Å²) < 4.78 is 12.8. The molecule has 0 aliphatic heterocycles. The van der Waals surface area contributed by atoms with Gasteiger partial charge in [-0.2, -0.15) is 0 Å². The van der Waals surface area contributed by atoms with Crippen LogP contribution in [0.15, 0.2) is 24.3 Å². The van der Waals surface area contributed by atoms with Crippen LogP contribution in [0.5, 0.6) is 0 Å². The van der Waals surface area contributed by atoms with Gasteiger partial charge < -0.3 is 0 Å². The molecule has 0 nitrogen and oxygen atoms in total. The summed E-state index contributed by atoms with van der Waals surface area (Å²) in [6.45, 7) is 4.40. The van der Waals surface area contributed by atoms with Gasteiger partial charge >= 0.3 is 0 Å². The number of benzene rings is 1. The van der Waals surface area contributed by atoms with Gasteiger partial charge in [-0.3, -0.25) is 0 Å². The van der Waals surface area contributed by atoms with Crippen LogP contribution in [0.25, 0.3) is 0 Å². The zero-order chi connectivity index (χ0) is 12.7. The molecule has 0 fully saturated rings. The van der Waals surface area contributed by atoms with Crippen LogP contribution in [-0.2, 0) is 6.42 Å². The average molecular weight is 257 g/mol. The SMILES string of the molecule is CCCCC(CC)C(Cl)Cc1ccc(F)cc1. The number of unbranched alkanes of at least 4 members (excludes halogenated alkanes) is 1. The van der Waals surface area contributed by atoms with Gasteiger partial charge in [-0.25, -0.2) is 4.39 Å². The van der Waals surface area contributed by atoms with E-state index in [0.29, 0.717) is 5.92 Å². The van der Waals surface area contributed by atoms with Crippen molar-refractivity contribution in [1.29, 1.82) is 0 Å². The summed E-state index contributed by atoms with van der Waals surface area (Å²) in [7, 11) is 0. The van der Waals surface area contributed by atoms with Crippen LogP contribution >= 0.6 is 11.6 Å². The van der Waals surface area contributed by atoms with Crippen LogP contribution in [0.4, 0.5) is 4.39 Å². The van der Waals surface area contributed by atoms with Crippen molar-refractivity contribution in [3.05, 3.63) is 35.6 Å². The highest BCUT2D eigenvalue weighted by atomic mass is 35.5. The van der Waals surface area contributed by atoms with Crippen molar-refractivity contribution in [2.45, 2.75) is 51.3 Å². The van der Waals surface area contributed by atoms with Gasteiger partial charge in [0, 0.05) is 5.38 Å². The quantitative estimate of drug-likeness (QED) is 0.589. The van der Waals surface area contributed by atoms with Crippen molar-refractivity contribution in [3.63, 3.8) is 0 Å². The summed E-state index contributed by atoms with van der Waals surface area (Å²) >= 11 is 6.46. The van der Waals surface area contributed by atoms with Gasteiger partial charge in [0.15, 0.2) is 0 Å². The van der Waals surface area contributed by atoms with Crippen molar-refractivity contribution in [3.8, 4) is 0 Å². The van der Waals surface area contributed by atoms with Crippen LogP contribution in [0.2, 0.25) is 0 Å². The molecule has 96 valence electrons. The summed E-state index contributed by atoms with van der Waals surface area (Å²) in [4.78, 5) is 0. The molecule has 2 heteroatoms. The van der Waals surface area contributed by atoms with Gasteiger partial charge in [0.1, 0.15) is 5.82 Å². The van der Waals surface area contributed by atoms with Gasteiger partial charge in [0.2, 0.25) is 0 Å². The Morgan fingerprint density at radius 1 is 1.18 bits per heavy atom. The Labute approximate surface area is 109 Å². The normalized spacial score (nSPS) is 14.6. The number of hydrogen-bond donors (Lipinski definition) is 0. The highest BCUT2D eigenvalue weighted by molar-refractivity contribution is 6.20. The zero-order valence-electron chi connectivity index (χ0n) is 10.8. The molecule has 1 aromatic rings. The minimum absolute atomic E-state index is 0.164. The monoisotopic (exact) mass is 256 g/mol. The molecule has 0 spiro atoms. The number of rotatable bonds is 7. The molecular formula is C15H22ClF. The van der Waals surface area contributed by atoms with E-state index < -0.39 is 0 Å². The first-order valence-electron chi connectivity index (χ1n) is 6.55. The van der Waals surface area contributed by atoms with E-state index in [9.17, 15) is 4.39 Å². The molecule has 1 aromatic carbocycles. The lowest BCUT2D eigenvalue weighted by Crippen LogP contribution is -2.17. The summed E-state index contributed by atoms with van der Waals surface area (Å²) in [6, 6.07) is 6.67. The van der Waals surface area contributed by atoms with E-state index in [0.717, 1.165) is 18.4 Å².